The summed E-state index contributed by atoms with van der Waals surface area (Å²) in [6.45, 7) is 4.53. The third-order valence-corrected chi connectivity index (χ3v) is 3.90. The Hall–Kier alpha value is -0.940. The van der Waals surface area contributed by atoms with Gasteiger partial charge < -0.3 is 10.5 Å². The molecule has 1 unspecified atom stereocenters. The van der Waals surface area contributed by atoms with Crippen molar-refractivity contribution in [3.05, 3.63) is 16.1 Å². The summed E-state index contributed by atoms with van der Waals surface area (Å²) in [5.41, 5.74) is 6.08. The van der Waals surface area contributed by atoms with Crippen LogP contribution in [0.2, 0.25) is 0 Å². The minimum atomic E-state index is -0.336. The number of esters is 1. The minimum absolute atomic E-state index is 0.134. The fraction of sp³-hybridized carbons (Fsp3) is 0.714. The maximum absolute atomic E-state index is 11.7. The molecule has 2 N–H and O–H groups in total. The molecule has 0 spiro atoms. The number of unbranched alkanes of at least 4 members (excludes halogenated alkanes) is 5. The number of aromatic nitrogens is 1. The van der Waals surface area contributed by atoms with Crippen LogP contribution in [0.5, 0.6) is 0 Å². The van der Waals surface area contributed by atoms with Crippen LogP contribution >= 0.6 is 11.3 Å². The van der Waals surface area contributed by atoms with Crippen LogP contribution in [-0.2, 0) is 4.74 Å². The van der Waals surface area contributed by atoms with Crippen molar-refractivity contribution >= 4 is 17.3 Å². The summed E-state index contributed by atoms with van der Waals surface area (Å²) in [6, 6.07) is -0.134. The SMILES string of the molecule is CCCCCCCCOC(=O)c1csc(C(C)N)n1. The molecule has 5 heteroatoms. The normalized spacial score (nSPS) is 12.4. The van der Waals surface area contributed by atoms with Crippen molar-refractivity contribution in [1.82, 2.24) is 4.98 Å². The largest absolute Gasteiger partial charge is 0.461 e. The molecule has 0 saturated heterocycles. The number of nitrogens with zero attached hydrogens (tertiary/aromatic N) is 1. The van der Waals surface area contributed by atoms with Crippen LogP contribution in [0.4, 0.5) is 0 Å². The van der Waals surface area contributed by atoms with Crippen molar-refractivity contribution in [3.63, 3.8) is 0 Å². The molecule has 4 nitrogen and oxygen atoms in total. The number of carbonyl (C=O) groups is 1. The minimum Gasteiger partial charge on any atom is -0.461 e. The number of ether oxygens (including phenoxy) is 1. The van der Waals surface area contributed by atoms with Gasteiger partial charge in [-0.2, -0.15) is 0 Å². The Morgan fingerprint density at radius 2 is 2.05 bits per heavy atom. The van der Waals surface area contributed by atoms with E-state index in [2.05, 4.69) is 11.9 Å². The highest BCUT2D eigenvalue weighted by Gasteiger charge is 2.13. The molecular weight excluding hydrogens is 260 g/mol. The molecule has 1 aromatic heterocycles. The number of thiazole rings is 1. The van der Waals surface area contributed by atoms with Gasteiger partial charge in [0.25, 0.3) is 0 Å². The number of rotatable bonds is 9. The number of hydrogen-bond donors (Lipinski definition) is 1. The van der Waals surface area contributed by atoms with Gasteiger partial charge >= 0.3 is 5.97 Å². The highest BCUT2D eigenvalue weighted by Crippen LogP contribution is 2.16. The van der Waals surface area contributed by atoms with Crippen LogP contribution in [-0.4, -0.2) is 17.6 Å². The summed E-state index contributed by atoms with van der Waals surface area (Å²) < 4.78 is 5.19. The van der Waals surface area contributed by atoms with Crippen molar-refractivity contribution in [2.24, 2.45) is 5.73 Å². The zero-order valence-corrected chi connectivity index (χ0v) is 12.7. The zero-order chi connectivity index (χ0) is 14.1. The Balaban J connectivity index is 2.16. The maximum atomic E-state index is 11.7. The van der Waals surface area contributed by atoms with Gasteiger partial charge in [-0.15, -0.1) is 11.3 Å². The molecule has 0 saturated carbocycles. The highest BCUT2D eigenvalue weighted by atomic mass is 32.1. The Bertz CT molecular complexity index is 377. The summed E-state index contributed by atoms with van der Waals surface area (Å²) in [5, 5.41) is 2.48. The van der Waals surface area contributed by atoms with Gasteiger partial charge in [-0.1, -0.05) is 39.0 Å². The number of hydrogen-bond acceptors (Lipinski definition) is 5. The molecule has 0 fully saturated rings. The van der Waals surface area contributed by atoms with Gasteiger partial charge in [0.1, 0.15) is 5.01 Å². The summed E-state index contributed by atoms with van der Waals surface area (Å²) in [6.07, 6.45) is 7.08. The first-order chi connectivity index (χ1) is 9.15. The average molecular weight is 284 g/mol. The van der Waals surface area contributed by atoms with E-state index in [4.69, 9.17) is 10.5 Å². The van der Waals surface area contributed by atoms with Crippen LogP contribution in [0.25, 0.3) is 0 Å². The third kappa shape index (κ3) is 6.16. The fourth-order valence-electron chi connectivity index (χ4n) is 1.71. The zero-order valence-electron chi connectivity index (χ0n) is 11.9. The van der Waals surface area contributed by atoms with Gasteiger partial charge in [-0.05, 0) is 13.3 Å². The Labute approximate surface area is 119 Å². The van der Waals surface area contributed by atoms with Crippen LogP contribution in [0.15, 0.2) is 5.38 Å². The molecule has 0 radical (unpaired) electrons. The van der Waals surface area contributed by atoms with Gasteiger partial charge in [0.2, 0.25) is 0 Å². The monoisotopic (exact) mass is 284 g/mol. The van der Waals surface area contributed by atoms with Crippen molar-refractivity contribution in [3.8, 4) is 0 Å². The van der Waals surface area contributed by atoms with Crippen molar-refractivity contribution < 1.29 is 9.53 Å². The molecule has 1 heterocycles. The first-order valence-corrected chi connectivity index (χ1v) is 7.91. The van der Waals surface area contributed by atoms with Crippen LogP contribution in [0, 0.1) is 0 Å². The van der Waals surface area contributed by atoms with E-state index in [0.717, 1.165) is 17.8 Å². The van der Waals surface area contributed by atoms with Gasteiger partial charge in [-0.3, -0.25) is 0 Å². The molecule has 0 aliphatic carbocycles. The number of nitrogens with two attached hydrogens (primary N) is 1. The lowest BCUT2D eigenvalue weighted by molar-refractivity contribution is 0.0491. The van der Waals surface area contributed by atoms with Crippen LogP contribution in [0.3, 0.4) is 0 Å². The second-order valence-corrected chi connectivity index (χ2v) is 5.65. The molecular formula is C14H24N2O2S. The lowest BCUT2D eigenvalue weighted by atomic mass is 10.1. The van der Waals surface area contributed by atoms with Gasteiger partial charge in [0.15, 0.2) is 5.69 Å². The molecule has 1 atom stereocenters. The van der Waals surface area contributed by atoms with E-state index >= 15 is 0 Å². The van der Waals surface area contributed by atoms with Gasteiger partial charge in [0, 0.05) is 5.38 Å². The topological polar surface area (TPSA) is 65.2 Å². The maximum Gasteiger partial charge on any atom is 0.357 e. The second-order valence-electron chi connectivity index (χ2n) is 4.76. The number of carbonyl (C=O) groups excluding carboxylic acids is 1. The van der Waals surface area contributed by atoms with E-state index in [0.29, 0.717) is 12.3 Å². The lowest BCUT2D eigenvalue weighted by Crippen LogP contribution is -2.09. The summed E-state index contributed by atoms with van der Waals surface area (Å²) in [5.74, 6) is -0.336. The summed E-state index contributed by atoms with van der Waals surface area (Å²) in [7, 11) is 0. The van der Waals surface area contributed by atoms with Gasteiger partial charge in [-0.25, -0.2) is 9.78 Å². The van der Waals surface area contributed by atoms with E-state index in [9.17, 15) is 4.79 Å². The fourth-order valence-corrected chi connectivity index (χ4v) is 2.46. The second kappa shape index (κ2) is 9.04. The highest BCUT2D eigenvalue weighted by molar-refractivity contribution is 7.09. The average Bonchev–Trinajstić information content (AvgIpc) is 2.87. The van der Waals surface area contributed by atoms with Crippen LogP contribution < -0.4 is 5.73 Å². The molecule has 108 valence electrons. The van der Waals surface area contributed by atoms with E-state index < -0.39 is 0 Å². The Morgan fingerprint density at radius 3 is 2.68 bits per heavy atom. The summed E-state index contributed by atoms with van der Waals surface area (Å²) >= 11 is 1.40. The molecule has 0 amide bonds. The van der Waals surface area contributed by atoms with Gasteiger partial charge in [0.05, 0.1) is 12.6 Å². The Morgan fingerprint density at radius 1 is 1.37 bits per heavy atom. The van der Waals surface area contributed by atoms with Crippen molar-refractivity contribution in [1.29, 1.82) is 0 Å². The van der Waals surface area contributed by atoms with E-state index in [1.165, 1.54) is 37.0 Å². The quantitative estimate of drug-likeness (QED) is 0.555. The van der Waals surface area contributed by atoms with Crippen LogP contribution in [0.1, 0.15) is 73.9 Å². The molecule has 1 rings (SSSR count). The first kappa shape index (κ1) is 16.1. The standard InChI is InChI=1S/C14H24N2O2S/c1-3-4-5-6-7-8-9-18-14(17)12-10-19-13(16-12)11(2)15/h10-11H,3-9,15H2,1-2H3. The lowest BCUT2D eigenvalue weighted by Gasteiger charge is -2.03. The van der Waals surface area contributed by atoms with E-state index in [-0.39, 0.29) is 12.0 Å². The third-order valence-electron chi connectivity index (χ3n) is 2.85. The smallest absolute Gasteiger partial charge is 0.357 e. The molecule has 1 aromatic rings. The predicted molar refractivity (Wildman–Crippen MR) is 78.4 cm³/mol. The molecule has 0 aromatic carbocycles. The van der Waals surface area contributed by atoms with E-state index in [1.54, 1.807) is 5.38 Å². The van der Waals surface area contributed by atoms with E-state index in [1.807, 2.05) is 6.92 Å². The molecule has 19 heavy (non-hydrogen) atoms. The predicted octanol–water partition coefficient (Wildman–Crippen LogP) is 3.68. The Kier molecular flexibility index (Phi) is 7.67. The summed E-state index contributed by atoms with van der Waals surface area (Å²) in [4.78, 5) is 15.9. The first-order valence-electron chi connectivity index (χ1n) is 7.03. The molecule has 0 aliphatic heterocycles. The van der Waals surface area contributed by atoms with Crippen molar-refractivity contribution in [2.75, 3.05) is 6.61 Å². The molecule has 0 bridgehead atoms. The van der Waals surface area contributed by atoms with Crippen molar-refractivity contribution in [2.45, 2.75) is 58.4 Å². The molecule has 0 aliphatic rings.